The van der Waals surface area contributed by atoms with Gasteiger partial charge in [0.25, 0.3) is 0 Å². The predicted molar refractivity (Wildman–Crippen MR) is 70.1 cm³/mol. The highest BCUT2D eigenvalue weighted by Gasteiger charge is 2.16. The van der Waals surface area contributed by atoms with Crippen LogP contribution < -0.4 is 5.73 Å². The number of hydrogen-bond acceptors (Lipinski definition) is 2. The van der Waals surface area contributed by atoms with Crippen molar-refractivity contribution in [2.45, 2.75) is 25.7 Å². The Kier molecular flexibility index (Phi) is 2.56. The smallest absolute Gasteiger partial charge is 0.139 e. The second-order valence-corrected chi connectivity index (χ2v) is 4.89. The van der Waals surface area contributed by atoms with Gasteiger partial charge in [0.05, 0.1) is 5.69 Å². The summed E-state index contributed by atoms with van der Waals surface area (Å²) in [4.78, 5) is 8.00. The van der Waals surface area contributed by atoms with Gasteiger partial charge in [-0.25, -0.2) is 4.98 Å². The Bertz CT molecular complexity index is 536. The number of nitrogens with one attached hydrogen (secondary N) is 1. The van der Waals surface area contributed by atoms with Crippen LogP contribution in [0.3, 0.4) is 0 Å². The highest BCUT2D eigenvalue weighted by atomic mass is 35.5. The molecule has 2 aromatic rings. The number of imidazole rings is 1. The number of halogens is 1. The maximum Gasteiger partial charge on any atom is 0.139 e. The maximum absolute atomic E-state index is 6.00. The monoisotopic (exact) mass is 247 g/mol. The molecule has 0 aliphatic heterocycles. The summed E-state index contributed by atoms with van der Waals surface area (Å²) < 4.78 is 0. The van der Waals surface area contributed by atoms with Crippen molar-refractivity contribution in [1.29, 1.82) is 0 Å². The van der Waals surface area contributed by atoms with Crippen molar-refractivity contribution in [3.05, 3.63) is 34.6 Å². The number of aromatic amines is 1. The second-order valence-electron chi connectivity index (χ2n) is 4.45. The fourth-order valence-electron chi connectivity index (χ4n) is 2.31. The summed E-state index contributed by atoms with van der Waals surface area (Å²) in [5, 5.41) is 0.684. The van der Waals surface area contributed by atoms with Gasteiger partial charge in [-0.1, -0.05) is 11.6 Å². The lowest BCUT2D eigenvalue weighted by molar-refractivity contribution is 0.667. The number of nitrogens with two attached hydrogens (primary N) is 1. The molecule has 0 saturated heterocycles. The SMILES string of the molecule is Nc1ccc(Cl)cc1-c1nc2c([nH]1)CCCC2. The van der Waals surface area contributed by atoms with Gasteiger partial charge in [-0.2, -0.15) is 0 Å². The zero-order chi connectivity index (χ0) is 11.8. The number of rotatable bonds is 1. The van der Waals surface area contributed by atoms with Crippen molar-refractivity contribution in [3.63, 3.8) is 0 Å². The molecule has 3 rings (SSSR count). The van der Waals surface area contributed by atoms with E-state index in [-0.39, 0.29) is 0 Å². The quantitative estimate of drug-likeness (QED) is 0.761. The van der Waals surface area contributed by atoms with Crippen LogP contribution in [0.1, 0.15) is 24.2 Å². The Labute approximate surface area is 105 Å². The van der Waals surface area contributed by atoms with Crippen molar-refractivity contribution in [2.24, 2.45) is 0 Å². The first-order valence-electron chi connectivity index (χ1n) is 5.87. The third kappa shape index (κ3) is 1.91. The van der Waals surface area contributed by atoms with Gasteiger partial charge in [0.1, 0.15) is 5.82 Å². The number of nitrogens with zero attached hydrogens (tertiary/aromatic N) is 1. The Morgan fingerprint density at radius 3 is 2.88 bits per heavy atom. The van der Waals surface area contributed by atoms with Crippen molar-refractivity contribution in [2.75, 3.05) is 5.73 Å². The van der Waals surface area contributed by atoms with E-state index in [2.05, 4.69) is 9.97 Å². The summed E-state index contributed by atoms with van der Waals surface area (Å²) in [5.74, 6) is 0.844. The normalized spacial score (nSPS) is 14.6. The molecule has 3 N–H and O–H groups in total. The third-order valence-electron chi connectivity index (χ3n) is 3.23. The van der Waals surface area contributed by atoms with E-state index in [1.54, 1.807) is 6.07 Å². The molecule has 1 aliphatic carbocycles. The Morgan fingerprint density at radius 1 is 1.24 bits per heavy atom. The average molecular weight is 248 g/mol. The lowest BCUT2D eigenvalue weighted by Crippen LogP contribution is -2.00. The lowest BCUT2D eigenvalue weighted by atomic mass is 10.0. The standard InChI is InChI=1S/C13H14ClN3/c14-8-5-6-10(15)9(7-8)13-16-11-3-1-2-4-12(11)17-13/h5-7H,1-4,15H2,(H,16,17). The van der Waals surface area contributed by atoms with Gasteiger partial charge >= 0.3 is 0 Å². The summed E-state index contributed by atoms with van der Waals surface area (Å²) in [5.41, 5.74) is 10.0. The average Bonchev–Trinajstić information content (AvgIpc) is 2.75. The summed E-state index contributed by atoms with van der Waals surface area (Å²) >= 11 is 6.00. The van der Waals surface area contributed by atoms with Crippen molar-refractivity contribution < 1.29 is 0 Å². The summed E-state index contributed by atoms with van der Waals surface area (Å²) in [6.07, 6.45) is 4.61. The van der Waals surface area contributed by atoms with Gasteiger partial charge in [-0.05, 0) is 43.9 Å². The number of aryl methyl sites for hydroxylation is 2. The first-order valence-corrected chi connectivity index (χ1v) is 6.25. The summed E-state index contributed by atoms with van der Waals surface area (Å²) in [7, 11) is 0. The largest absolute Gasteiger partial charge is 0.398 e. The molecule has 17 heavy (non-hydrogen) atoms. The number of nitrogen functional groups attached to an aromatic ring is 1. The molecule has 3 nitrogen and oxygen atoms in total. The molecule has 0 amide bonds. The van der Waals surface area contributed by atoms with E-state index < -0.39 is 0 Å². The van der Waals surface area contributed by atoms with E-state index in [0.717, 1.165) is 24.2 Å². The van der Waals surface area contributed by atoms with Gasteiger partial charge in [0.15, 0.2) is 0 Å². The van der Waals surface area contributed by atoms with Crippen LogP contribution in [-0.4, -0.2) is 9.97 Å². The Morgan fingerprint density at radius 2 is 2.06 bits per heavy atom. The fourth-order valence-corrected chi connectivity index (χ4v) is 2.49. The Hall–Kier alpha value is -1.48. The predicted octanol–water partition coefficient (Wildman–Crippen LogP) is 3.19. The molecule has 88 valence electrons. The molecular weight excluding hydrogens is 234 g/mol. The second kappa shape index (κ2) is 4.08. The minimum absolute atomic E-state index is 0.684. The van der Waals surface area contributed by atoms with E-state index in [9.17, 15) is 0 Å². The third-order valence-corrected chi connectivity index (χ3v) is 3.46. The molecule has 0 fully saturated rings. The van der Waals surface area contributed by atoms with Crippen LogP contribution in [0.15, 0.2) is 18.2 Å². The highest BCUT2D eigenvalue weighted by molar-refractivity contribution is 6.31. The molecule has 1 heterocycles. The lowest BCUT2D eigenvalue weighted by Gasteiger charge is -2.07. The molecule has 1 aromatic carbocycles. The minimum Gasteiger partial charge on any atom is -0.398 e. The van der Waals surface area contributed by atoms with Gasteiger partial charge in [-0.15, -0.1) is 0 Å². The number of benzene rings is 1. The van der Waals surface area contributed by atoms with E-state index >= 15 is 0 Å². The minimum atomic E-state index is 0.684. The van der Waals surface area contributed by atoms with Crippen molar-refractivity contribution in [1.82, 2.24) is 9.97 Å². The molecular formula is C13H14ClN3. The number of aromatic nitrogens is 2. The molecule has 1 aromatic heterocycles. The van der Waals surface area contributed by atoms with Crippen LogP contribution >= 0.6 is 11.6 Å². The highest BCUT2D eigenvalue weighted by Crippen LogP contribution is 2.29. The molecule has 0 unspecified atom stereocenters. The van der Waals surface area contributed by atoms with Crippen LogP contribution in [0.4, 0.5) is 5.69 Å². The van der Waals surface area contributed by atoms with E-state index in [1.807, 2.05) is 12.1 Å². The molecule has 1 aliphatic rings. The first-order chi connectivity index (χ1) is 8.24. The molecule has 0 atom stereocenters. The van der Waals surface area contributed by atoms with Crippen LogP contribution in [0.2, 0.25) is 5.02 Å². The van der Waals surface area contributed by atoms with Crippen LogP contribution in [0.5, 0.6) is 0 Å². The van der Waals surface area contributed by atoms with Crippen molar-refractivity contribution in [3.8, 4) is 11.4 Å². The summed E-state index contributed by atoms with van der Waals surface area (Å²) in [6.45, 7) is 0. The van der Waals surface area contributed by atoms with E-state index in [0.29, 0.717) is 10.7 Å². The van der Waals surface area contributed by atoms with Crippen LogP contribution in [0, 0.1) is 0 Å². The van der Waals surface area contributed by atoms with E-state index in [1.165, 1.54) is 24.2 Å². The van der Waals surface area contributed by atoms with Gasteiger partial charge in [0, 0.05) is 22.0 Å². The fraction of sp³-hybridized carbons (Fsp3) is 0.308. The van der Waals surface area contributed by atoms with Crippen LogP contribution in [-0.2, 0) is 12.8 Å². The Balaban J connectivity index is 2.08. The zero-order valence-electron chi connectivity index (χ0n) is 9.46. The topological polar surface area (TPSA) is 54.7 Å². The molecule has 0 bridgehead atoms. The number of H-pyrrole nitrogens is 1. The van der Waals surface area contributed by atoms with Gasteiger partial charge in [0.2, 0.25) is 0 Å². The molecule has 0 radical (unpaired) electrons. The first kappa shape index (κ1) is 10.7. The molecule has 0 spiro atoms. The molecule has 4 heteroatoms. The zero-order valence-corrected chi connectivity index (χ0v) is 10.2. The number of fused-ring (bicyclic) bond motifs is 1. The van der Waals surface area contributed by atoms with Gasteiger partial charge < -0.3 is 10.7 Å². The van der Waals surface area contributed by atoms with Gasteiger partial charge in [-0.3, -0.25) is 0 Å². The van der Waals surface area contributed by atoms with E-state index in [4.69, 9.17) is 17.3 Å². The number of hydrogen-bond donors (Lipinski definition) is 2. The van der Waals surface area contributed by atoms with Crippen LogP contribution in [0.25, 0.3) is 11.4 Å². The maximum atomic E-state index is 6.00. The van der Waals surface area contributed by atoms with Crippen molar-refractivity contribution >= 4 is 17.3 Å². The number of anilines is 1. The molecule has 0 saturated carbocycles. The summed E-state index contributed by atoms with van der Waals surface area (Å²) in [6, 6.07) is 5.48.